The van der Waals surface area contributed by atoms with Gasteiger partial charge in [-0.3, -0.25) is 4.90 Å². The molecule has 2 heterocycles. The summed E-state index contributed by atoms with van der Waals surface area (Å²) in [6.45, 7) is 2.63. The van der Waals surface area contributed by atoms with Gasteiger partial charge < -0.3 is 9.84 Å². The normalized spacial score (nSPS) is 27.8. The molecule has 0 amide bonds. The highest BCUT2D eigenvalue weighted by molar-refractivity contribution is 5.77. The minimum absolute atomic E-state index is 0.111. The fourth-order valence-corrected chi connectivity index (χ4v) is 2.51. The molecule has 4 nitrogen and oxygen atoms in total. The molecule has 0 aromatic carbocycles. The number of hydrogen-bond acceptors (Lipinski definition) is 3. The van der Waals surface area contributed by atoms with E-state index in [4.69, 9.17) is 9.84 Å². The number of carboxylic acid groups (broad SMARTS) is 1. The number of likely N-dealkylation sites (tertiary alicyclic amines) is 1. The van der Waals surface area contributed by atoms with Crippen molar-refractivity contribution in [1.82, 2.24) is 4.90 Å². The fraction of sp³-hybridized carbons (Fsp3) is 0.909. The molecule has 2 aliphatic rings. The predicted molar refractivity (Wildman–Crippen MR) is 56.1 cm³/mol. The molecule has 2 saturated heterocycles. The summed E-state index contributed by atoms with van der Waals surface area (Å²) in [5.74, 6) is -1.31. The molecule has 2 rings (SSSR count). The minimum atomic E-state index is -2.00. The van der Waals surface area contributed by atoms with Crippen molar-refractivity contribution in [3.8, 4) is 0 Å². The summed E-state index contributed by atoms with van der Waals surface area (Å²) < 4.78 is 19.1. The van der Waals surface area contributed by atoms with Gasteiger partial charge in [-0.2, -0.15) is 0 Å². The Morgan fingerprint density at radius 1 is 1.31 bits per heavy atom. The first kappa shape index (κ1) is 11.8. The lowest BCUT2D eigenvalue weighted by Crippen LogP contribution is -2.50. The smallest absolute Gasteiger partial charge is 0.341 e. The van der Waals surface area contributed by atoms with Gasteiger partial charge in [-0.1, -0.05) is 0 Å². The third-order valence-corrected chi connectivity index (χ3v) is 3.68. The van der Waals surface area contributed by atoms with Crippen LogP contribution < -0.4 is 0 Å². The van der Waals surface area contributed by atoms with Crippen LogP contribution in [0.5, 0.6) is 0 Å². The van der Waals surface area contributed by atoms with Crippen molar-refractivity contribution in [2.24, 2.45) is 0 Å². The van der Waals surface area contributed by atoms with Crippen molar-refractivity contribution >= 4 is 5.97 Å². The highest BCUT2D eigenvalue weighted by Crippen LogP contribution is 2.29. The highest BCUT2D eigenvalue weighted by atomic mass is 19.1. The van der Waals surface area contributed by atoms with Gasteiger partial charge in [0.25, 0.3) is 0 Å². The van der Waals surface area contributed by atoms with E-state index in [-0.39, 0.29) is 12.8 Å². The van der Waals surface area contributed by atoms with E-state index in [1.165, 1.54) is 0 Å². The Bertz CT molecular complexity index is 258. The molecule has 0 unspecified atom stereocenters. The summed E-state index contributed by atoms with van der Waals surface area (Å²) in [7, 11) is 0. The number of piperidine rings is 1. The summed E-state index contributed by atoms with van der Waals surface area (Å²) in [5, 5.41) is 8.78. The number of nitrogens with zero attached hydrogens (tertiary/aromatic N) is 1. The van der Waals surface area contributed by atoms with Crippen molar-refractivity contribution < 1.29 is 19.0 Å². The summed E-state index contributed by atoms with van der Waals surface area (Å²) in [5.41, 5.74) is -2.00. The summed E-state index contributed by atoms with van der Waals surface area (Å²) in [6, 6.07) is 0.451. The van der Waals surface area contributed by atoms with Gasteiger partial charge >= 0.3 is 5.97 Å². The van der Waals surface area contributed by atoms with Crippen LogP contribution in [-0.2, 0) is 9.53 Å². The molecule has 1 N–H and O–H groups in total. The number of ether oxygens (including phenoxy) is 1. The molecule has 0 aliphatic carbocycles. The summed E-state index contributed by atoms with van der Waals surface area (Å²) in [6.07, 6.45) is 2.18. The van der Waals surface area contributed by atoms with Crippen LogP contribution in [0.4, 0.5) is 4.39 Å². The lowest BCUT2D eigenvalue weighted by Gasteiger charge is -2.40. The maximum Gasteiger partial charge on any atom is 0.341 e. The Balaban J connectivity index is 1.87. The monoisotopic (exact) mass is 231 g/mol. The van der Waals surface area contributed by atoms with E-state index < -0.39 is 11.6 Å². The second-order valence-corrected chi connectivity index (χ2v) is 4.65. The van der Waals surface area contributed by atoms with Crippen molar-refractivity contribution in [3.05, 3.63) is 0 Å². The topological polar surface area (TPSA) is 49.8 Å². The molecule has 92 valence electrons. The Hall–Kier alpha value is -0.680. The van der Waals surface area contributed by atoms with Gasteiger partial charge in [0.05, 0.1) is 0 Å². The molecule has 0 spiro atoms. The number of halogens is 1. The molecule has 16 heavy (non-hydrogen) atoms. The second-order valence-electron chi connectivity index (χ2n) is 4.65. The number of carbonyl (C=O) groups is 1. The zero-order valence-corrected chi connectivity index (χ0v) is 9.32. The molecule has 0 aromatic heterocycles. The van der Waals surface area contributed by atoms with E-state index in [0.29, 0.717) is 19.1 Å². The molecule has 0 saturated carbocycles. The summed E-state index contributed by atoms with van der Waals surface area (Å²) in [4.78, 5) is 13.0. The number of alkyl halides is 1. The molecule has 2 aliphatic heterocycles. The van der Waals surface area contributed by atoms with Crippen LogP contribution in [0.2, 0.25) is 0 Å². The van der Waals surface area contributed by atoms with Crippen LogP contribution in [0.25, 0.3) is 0 Å². The van der Waals surface area contributed by atoms with Crippen LogP contribution in [0.15, 0.2) is 0 Å². The van der Waals surface area contributed by atoms with E-state index in [2.05, 4.69) is 4.90 Å². The molecular weight excluding hydrogens is 213 g/mol. The largest absolute Gasteiger partial charge is 0.479 e. The SMILES string of the molecule is O=C(O)C1(F)CCN(C2CCOCC2)CC1. The van der Waals surface area contributed by atoms with Gasteiger partial charge in [0, 0.05) is 45.2 Å². The molecule has 0 radical (unpaired) electrons. The number of aliphatic carboxylic acids is 1. The van der Waals surface area contributed by atoms with E-state index in [9.17, 15) is 9.18 Å². The average Bonchev–Trinajstić information content (AvgIpc) is 2.31. The molecule has 2 fully saturated rings. The first-order chi connectivity index (χ1) is 7.62. The van der Waals surface area contributed by atoms with Gasteiger partial charge in [-0.15, -0.1) is 0 Å². The Morgan fingerprint density at radius 3 is 2.38 bits per heavy atom. The van der Waals surface area contributed by atoms with Crippen molar-refractivity contribution in [2.45, 2.75) is 37.4 Å². The molecule has 0 bridgehead atoms. The zero-order chi connectivity index (χ0) is 11.6. The van der Waals surface area contributed by atoms with Crippen molar-refractivity contribution in [1.29, 1.82) is 0 Å². The molecule has 5 heteroatoms. The molecule has 0 aromatic rings. The van der Waals surface area contributed by atoms with Crippen LogP contribution in [0.1, 0.15) is 25.7 Å². The van der Waals surface area contributed by atoms with Gasteiger partial charge in [0.1, 0.15) is 0 Å². The molecular formula is C11H18FNO3. The lowest BCUT2D eigenvalue weighted by molar-refractivity contribution is -0.155. The van der Waals surface area contributed by atoms with E-state index in [0.717, 1.165) is 26.1 Å². The van der Waals surface area contributed by atoms with Crippen LogP contribution in [0, 0.1) is 0 Å². The van der Waals surface area contributed by atoms with Crippen molar-refractivity contribution in [2.75, 3.05) is 26.3 Å². The maximum atomic E-state index is 13.8. The second kappa shape index (κ2) is 4.67. The average molecular weight is 231 g/mol. The van der Waals surface area contributed by atoms with E-state index in [1.807, 2.05) is 0 Å². The molecule has 0 atom stereocenters. The minimum Gasteiger partial charge on any atom is -0.479 e. The third kappa shape index (κ3) is 2.35. The fourth-order valence-electron chi connectivity index (χ4n) is 2.51. The first-order valence-corrected chi connectivity index (χ1v) is 5.86. The standard InChI is InChI=1S/C11H18FNO3/c12-11(10(14)15)3-5-13(6-4-11)9-1-7-16-8-2-9/h9H,1-8H2,(H,14,15). The van der Waals surface area contributed by atoms with Crippen molar-refractivity contribution in [3.63, 3.8) is 0 Å². The highest BCUT2D eigenvalue weighted by Gasteiger charge is 2.42. The Morgan fingerprint density at radius 2 is 1.88 bits per heavy atom. The summed E-state index contributed by atoms with van der Waals surface area (Å²) >= 11 is 0. The predicted octanol–water partition coefficient (Wildman–Crippen LogP) is 1.05. The number of hydrogen-bond donors (Lipinski definition) is 1. The van der Waals surface area contributed by atoms with E-state index in [1.54, 1.807) is 0 Å². The lowest BCUT2D eigenvalue weighted by atomic mass is 9.91. The number of carboxylic acids is 1. The zero-order valence-electron chi connectivity index (χ0n) is 9.32. The number of rotatable bonds is 2. The van der Waals surface area contributed by atoms with Gasteiger partial charge in [0.2, 0.25) is 5.67 Å². The Labute approximate surface area is 94.4 Å². The van der Waals surface area contributed by atoms with Crippen LogP contribution in [-0.4, -0.2) is 54.0 Å². The first-order valence-electron chi connectivity index (χ1n) is 5.86. The van der Waals surface area contributed by atoms with Crippen LogP contribution >= 0.6 is 0 Å². The van der Waals surface area contributed by atoms with Gasteiger partial charge in [0.15, 0.2) is 0 Å². The van der Waals surface area contributed by atoms with Crippen LogP contribution in [0.3, 0.4) is 0 Å². The van der Waals surface area contributed by atoms with Gasteiger partial charge in [-0.25, -0.2) is 9.18 Å². The van der Waals surface area contributed by atoms with Gasteiger partial charge in [-0.05, 0) is 12.8 Å². The quantitative estimate of drug-likeness (QED) is 0.772. The Kier molecular flexibility index (Phi) is 3.44. The maximum absolute atomic E-state index is 13.8. The van der Waals surface area contributed by atoms with E-state index >= 15 is 0 Å². The third-order valence-electron chi connectivity index (χ3n) is 3.68.